The highest BCUT2D eigenvalue weighted by Gasteiger charge is 2.22. The van der Waals surface area contributed by atoms with Crippen molar-refractivity contribution in [3.8, 4) is 6.07 Å². The third-order valence-corrected chi connectivity index (χ3v) is 3.91. The smallest absolute Gasteiger partial charge is 0.339 e. The van der Waals surface area contributed by atoms with E-state index < -0.39 is 5.97 Å². The highest BCUT2D eigenvalue weighted by molar-refractivity contribution is 5.89. The van der Waals surface area contributed by atoms with Crippen molar-refractivity contribution >= 4 is 5.97 Å². The molecule has 1 N–H and O–H groups in total. The van der Waals surface area contributed by atoms with Gasteiger partial charge in [0.25, 0.3) is 0 Å². The maximum atomic E-state index is 12.0. The van der Waals surface area contributed by atoms with Gasteiger partial charge in [-0.2, -0.15) is 5.26 Å². The van der Waals surface area contributed by atoms with Gasteiger partial charge in [0, 0.05) is 25.8 Å². The van der Waals surface area contributed by atoms with E-state index in [-0.39, 0.29) is 12.7 Å². The quantitative estimate of drug-likeness (QED) is 0.850. The predicted molar refractivity (Wildman–Crippen MR) is 87.2 cm³/mol. The molecule has 1 aromatic heterocycles. The molecule has 2 aromatic rings. The molecule has 0 spiro atoms. The summed E-state index contributed by atoms with van der Waals surface area (Å²) in [6.07, 6.45) is 1.34. The number of ether oxygens (including phenoxy) is 2. The Labute approximate surface area is 140 Å². The number of benzene rings is 1. The first-order chi connectivity index (χ1) is 11.7. The number of carbonyl (C=O) groups is 1. The van der Waals surface area contributed by atoms with Crippen LogP contribution in [0.2, 0.25) is 0 Å². The minimum absolute atomic E-state index is 0.138. The molecule has 3 rings (SSSR count). The summed E-state index contributed by atoms with van der Waals surface area (Å²) in [4.78, 5) is 17.0. The Kier molecular flexibility index (Phi) is 5.26. The van der Waals surface area contributed by atoms with Gasteiger partial charge in [0.1, 0.15) is 24.5 Å². The molecule has 6 heteroatoms. The van der Waals surface area contributed by atoms with E-state index in [2.05, 4.69) is 22.0 Å². The number of nitrogens with zero attached hydrogens (tertiary/aromatic N) is 2. The van der Waals surface area contributed by atoms with Crippen LogP contribution in [-0.2, 0) is 16.0 Å². The van der Waals surface area contributed by atoms with E-state index in [9.17, 15) is 4.79 Å². The van der Waals surface area contributed by atoms with Crippen LogP contribution in [0.5, 0.6) is 0 Å². The normalized spacial score (nSPS) is 18.0. The molecule has 0 saturated carbocycles. The standard InChI is InChI=1S/C18H19N3O3/c19-9-16-8-15(10-20-16)18(22)24-13-17-12-21(6-7-23-17)11-14-4-2-1-3-5-14/h1-5,8,10,17,20H,6-7,11-13H2. The van der Waals surface area contributed by atoms with Crippen LogP contribution < -0.4 is 0 Å². The number of carbonyl (C=O) groups excluding carboxylic acids is 1. The predicted octanol–water partition coefficient (Wildman–Crippen LogP) is 1.94. The van der Waals surface area contributed by atoms with E-state index in [0.29, 0.717) is 17.9 Å². The molecular weight excluding hydrogens is 306 g/mol. The van der Waals surface area contributed by atoms with Gasteiger partial charge >= 0.3 is 5.97 Å². The molecule has 0 amide bonds. The van der Waals surface area contributed by atoms with Gasteiger partial charge in [0.05, 0.1) is 12.2 Å². The fourth-order valence-electron chi connectivity index (χ4n) is 2.70. The van der Waals surface area contributed by atoms with Crippen LogP contribution in [0.3, 0.4) is 0 Å². The fraction of sp³-hybridized carbons (Fsp3) is 0.333. The van der Waals surface area contributed by atoms with Crippen molar-refractivity contribution in [2.75, 3.05) is 26.3 Å². The highest BCUT2D eigenvalue weighted by Crippen LogP contribution is 2.12. The molecule has 1 unspecified atom stereocenters. The van der Waals surface area contributed by atoms with Crippen molar-refractivity contribution in [1.82, 2.24) is 9.88 Å². The molecule has 1 saturated heterocycles. The molecule has 2 heterocycles. The lowest BCUT2D eigenvalue weighted by Crippen LogP contribution is -2.44. The Hall–Kier alpha value is -2.62. The molecule has 1 aliphatic rings. The summed E-state index contributed by atoms with van der Waals surface area (Å²) >= 11 is 0. The number of nitriles is 1. The first-order valence-corrected chi connectivity index (χ1v) is 7.88. The molecule has 1 fully saturated rings. The van der Waals surface area contributed by atoms with Gasteiger partial charge in [-0.3, -0.25) is 4.90 Å². The summed E-state index contributed by atoms with van der Waals surface area (Å²) in [7, 11) is 0. The minimum Gasteiger partial charge on any atom is -0.459 e. The van der Waals surface area contributed by atoms with Gasteiger partial charge in [-0.05, 0) is 11.6 Å². The molecule has 1 aromatic carbocycles. The van der Waals surface area contributed by atoms with Crippen LogP contribution >= 0.6 is 0 Å². The monoisotopic (exact) mass is 325 g/mol. The largest absolute Gasteiger partial charge is 0.459 e. The number of aromatic nitrogens is 1. The summed E-state index contributed by atoms with van der Waals surface area (Å²) in [6, 6.07) is 13.7. The number of rotatable bonds is 5. The SMILES string of the molecule is N#Cc1cc(C(=O)OCC2CN(Cc3ccccc3)CCO2)c[nH]1. The van der Waals surface area contributed by atoms with Crippen LogP contribution in [0.15, 0.2) is 42.6 Å². The van der Waals surface area contributed by atoms with E-state index in [0.717, 1.165) is 19.6 Å². The maximum Gasteiger partial charge on any atom is 0.339 e. The number of nitrogens with one attached hydrogen (secondary N) is 1. The molecule has 24 heavy (non-hydrogen) atoms. The number of hydrogen-bond donors (Lipinski definition) is 1. The van der Waals surface area contributed by atoms with Crippen molar-refractivity contribution < 1.29 is 14.3 Å². The first-order valence-electron chi connectivity index (χ1n) is 7.88. The molecule has 0 aliphatic carbocycles. The lowest BCUT2D eigenvalue weighted by atomic mass is 10.2. The maximum absolute atomic E-state index is 12.0. The Balaban J connectivity index is 1.48. The Morgan fingerprint density at radius 2 is 2.25 bits per heavy atom. The topological polar surface area (TPSA) is 78.3 Å². The number of H-pyrrole nitrogens is 1. The molecule has 6 nitrogen and oxygen atoms in total. The van der Waals surface area contributed by atoms with E-state index in [1.165, 1.54) is 17.8 Å². The number of esters is 1. The summed E-state index contributed by atoms with van der Waals surface area (Å²) < 4.78 is 11.0. The lowest BCUT2D eigenvalue weighted by Gasteiger charge is -2.32. The van der Waals surface area contributed by atoms with Gasteiger partial charge in [0.15, 0.2) is 0 Å². The fourth-order valence-corrected chi connectivity index (χ4v) is 2.70. The van der Waals surface area contributed by atoms with Crippen LogP contribution in [0.25, 0.3) is 0 Å². The van der Waals surface area contributed by atoms with Crippen molar-refractivity contribution in [2.45, 2.75) is 12.6 Å². The lowest BCUT2D eigenvalue weighted by molar-refractivity contribution is -0.0612. The van der Waals surface area contributed by atoms with Crippen LogP contribution in [0, 0.1) is 11.3 Å². The average molecular weight is 325 g/mol. The van der Waals surface area contributed by atoms with E-state index in [4.69, 9.17) is 14.7 Å². The van der Waals surface area contributed by atoms with Crippen molar-refractivity contribution in [3.05, 3.63) is 59.4 Å². The summed E-state index contributed by atoms with van der Waals surface area (Å²) in [5.74, 6) is -0.448. The van der Waals surface area contributed by atoms with Crippen molar-refractivity contribution in [3.63, 3.8) is 0 Å². The molecule has 124 valence electrons. The summed E-state index contributed by atoms with van der Waals surface area (Å²) in [5.41, 5.74) is 1.94. The summed E-state index contributed by atoms with van der Waals surface area (Å²) in [5, 5.41) is 8.76. The second kappa shape index (κ2) is 7.77. The second-order valence-corrected chi connectivity index (χ2v) is 5.73. The number of hydrogen-bond acceptors (Lipinski definition) is 5. The van der Waals surface area contributed by atoms with E-state index in [1.807, 2.05) is 24.3 Å². The van der Waals surface area contributed by atoms with Crippen molar-refractivity contribution in [1.29, 1.82) is 5.26 Å². The molecular formula is C18H19N3O3. The van der Waals surface area contributed by atoms with Gasteiger partial charge in [-0.1, -0.05) is 30.3 Å². The first kappa shape index (κ1) is 16.2. The molecule has 0 radical (unpaired) electrons. The van der Waals surface area contributed by atoms with E-state index in [1.54, 1.807) is 0 Å². The molecule has 0 bridgehead atoms. The second-order valence-electron chi connectivity index (χ2n) is 5.73. The third-order valence-electron chi connectivity index (χ3n) is 3.91. The van der Waals surface area contributed by atoms with Crippen LogP contribution in [0.4, 0.5) is 0 Å². The van der Waals surface area contributed by atoms with Gasteiger partial charge in [-0.15, -0.1) is 0 Å². The Morgan fingerprint density at radius 3 is 3.00 bits per heavy atom. The summed E-state index contributed by atoms with van der Waals surface area (Å²) in [6.45, 7) is 3.27. The zero-order valence-electron chi connectivity index (χ0n) is 13.3. The minimum atomic E-state index is -0.448. The van der Waals surface area contributed by atoms with E-state index >= 15 is 0 Å². The van der Waals surface area contributed by atoms with Crippen molar-refractivity contribution in [2.24, 2.45) is 0 Å². The molecule has 1 aliphatic heterocycles. The van der Waals surface area contributed by atoms with Crippen LogP contribution in [-0.4, -0.2) is 48.3 Å². The highest BCUT2D eigenvalue weighted by atomic mass is 16.6. The Bertz CT molecular complexity index is 721. The number of aromatic amines is 1. The zero-order valence-corrected chi connectivity index (χ0v) is 13.3. The van der Waals surface area contributed by atoms with Gasteiger partial charge < -0.3 is 14.5 Å². The zero-order chi connectivity index (χ0) is 16.8. The third kappa shape index (κ3) is 4.22. The molecule has 1 atom stereocenters. The Morgan fingerprint density at radius 1 is 1.42 bits per heavy atom. The van der Waals surface area contributed by atoms with Crippen LogP contribution in [0.1, 0.15) is 21.6 Å². The van der Waals surface area contributed by atoms with Gasteiger partial charge in [-0.25, -0.2) is 4.79 Å². The average Bonchev–Trinajstić information content (AvgIpc) is 3.10. The number of morpholine rings is 1. The van der Waals surface area contributed by atoms with Gasteiger partial charge in [0.2, 0.25) is 0 Å².